The number of ether oxygens (including phenoxy) is 2. The molecule has 25 heavy (non-hydrogen) atoms. The average Bonchev–Trinajstić information content (AvgIpc) is 2.44. The number of halogens is 1. The van der Waals surface area contributed by atoms with Crippen LogP contribution in [0, 0.1) is 29.6 Å². The monoisotopic (exact) mass is 468 g/mol. The van der Waals surface area contributed by atoms with Gasteiger partial charge in [0.2, 0.25) is 0 Å². The minimum absolute atomic E-state index is 0.426. The summed E-state index contributed by atoms with van der Waals surface area (Å²) >= 11 is 2.56. The quantitative estimate of drug-likeness (QED) is 0.102. The largest absolute Gasteiger partial charge is 0.359 e. The Kier molecular flexibility index (Phi) is 16.1. The van der Waals surface area contributed by atoms with E-state index in [1.807, 2.05) is 0 Å². The Hall–Kier alpha value is 0.650. The molecule has 3 heteroatoms. The van der Waals surface area contributed by atoms with Crippen LogP contribution in [0.25, 0.3) is 0 Å². The van der Waals surface area contributed by atoms with Crippen LogP contribution in [0.2, 0.25) is 0 Å². The molecule has 2 nitrogen and oxygen atoms in total. The fraction of sp³-hybridized carbons (Fsp3) is 1.00. The van der Waals surface area contributed by atoms with Crippen molar-refractivity contribution in [3.05, 3.63) is 0 Å². The van der Waals surface area contributed by atoms with Gasteiger partial charge in [-0.1, -0.05) is 64.1 Å². The molecule has 0 aromatic rings. The maximum atomic E-state index is 5.38. The van der Waals surface area contributed by atoms with Gasteiger partial charge in [0.05, 0.1) is 0 Å². The normalized spacial score (nSPS) is 19.2. The first kappa shape index (κ1) is 25.6. The van der Waals surface area contributed by atoms with Crippen LogP contribution in [0.1, 0.15) is 86.5 Å². The molecule has 0 heterocycles. The lowest BCUT2D eigenvalue weighted by atomic mass is 9.82. The molecule has 6 unspecified atom stereocenters. The molecule has 0 radical (unpaired) electrons. The van der Waals surface area contributed by atoms with Gasteiger partial charge in [-0.25, -0.2) is 0 Å². The summed E-state index contributed by atoms with van der Waals surface area (Å²) in [5.74, 6) is 4.22. The molecule has 0 aromatic heterocycles. The molecular formula is C22H45IO2. The Morgan fingerprint density at radius 2 is 1.12 bits per heavy atom. The van der Waals surface area contributed by atoms with Crippen molar-refractivity contribution >= 4 is 22.6 Å². The topological polar surface area (TPSA) is 18.5 Å². The number of rotatable bonds is 16. The van der Waals surface area contributed by atoms with E-state index < -0.39 is 0 Å². The summed E-state index contributed by atoms with van der Waals surface area (Å²) in [4.78, 5) is 0. The molecule has 0 aromatic carbocycles. The molecule has 0 rings (SSSR count). The molecule has 0 aliphatic heterocycles. The van der Waals surface area contributed by atoms with E-state index in [1.54, 1.807) is 7.11 Å². The first-order valence-corrected chi connectivity index (χ1v) is 11.7. The zero-order valence-corrected chi connectivity index (χ0v) is 20.2. The van der Waals surface area contributed by atoms with E-state index in [4.69, 9.17) is 9.47 Å². The van der Waals surface area contributed by atoms with Crippen LogP contribution in [0.4, 0.5) is 0 Å². The zero-order valence-electron chi connectivity index (χ0n) is 18.0. The summed E-state index contributed by atoms with van der Waals surface area (Å²) in [7, 11) is 1.68. The Labute approximate surface area is 172 Å². The van der Waals surface area contributed by atoms with Gasteiger partial charge >= 0.3 is 0 Å². The van der Waals surface area contributed by atoms with Crippen molar-refractivity contribution in [2.45, 2.75) is 90.4 Å². The molecule has 0 amide bonds. The molecule has 0 N–H and O–H groups in total. The summed E-state index contributed by atoms with van der Waals surface area (Å²) < 4.78 is 11.1. The summed E-state index contributed by atoms with van der Waals surface area (Å²) in [6.07, 6.45) is 9.30. The van der Waals surface area contributed by atoms with Crippen LogP contribution in [-0.4, -0.2) is 24.4 Å². The molecule has 0 aliphatic rings. The van der Waals surface area contributed by atoms with Crippen LogP contribution < -0.4 is 0 Å². The molecule has 0 spiro atoms. The molecule has 0 aliphatic carbocycles. The summed E-state index contributed by atoms with van der Waals surface area (Å²) in [6.45, 7) is 15.8. The number of hydrogen-bond acceptors (Lipinski definition) is 2. The fourth-order valence-corrected chi connectivity index (χ4v) is 5.35. The minimum Gasteiger partial charge on any atom is -0.359 e. The lowest BCUT2D eigenvalue weighted by Crippen LogP contribution is -2.13. The Bertz CT molecular complexity index is 296. The molecule has 152 valence electrons. The van der Waals surface area contributed by atoms with Crippen molar-refractivity contribution < 1.29 is 9.47 Å². The lowest BCUT2D eigenvalue weighted by molar-refractivity contribution is -0.0323. The van der Waals surface area contributed by atoms with Crippen LogP contribution in [-0.2, 0) is 9.47 Å². The van der Waals surface area contributed by atoms with E-state index in [0.29, 0.717) is 6.79 Å². The maximum absolute atomic E-state index is 5.38. The van der Waals surface area contributed by atoms with Crippen molar-refractivity contribution in [3.63, 3.8) is 0 Å². The van der Waals surface area contributed by atoms with Gasteiger partial charge in [-0.05, 0) is 74.5 Å². The van der Waals surface area contributed by atoms with Crippen molar-refractivity contribution in [3.8, 4) is 0 Å². The van der Waals surface area contributed by atoms with E-state index in [0.717, 1.165) is 46.5 Å². The Morgan fingerprint density at radius 1 is 0.680 bits per heavy atom. The van der Waals surface area contributed by atoms with Crippen LogP contribution in [0.5, 0.6) is 0 Å². The molecule has 0 fully saturated rings. The van der Waals surface area contributed by atoms with Gasteiger partial charge < -0.3 is 9.47 Å². The van der Waals surface area contributed by atoms with Gasteiger partial charge in [0.15, 0.2) is 0 Å². The van der Waals surface area contributed by atoms with E-state index in [-0.39, 0.29) is 0 Å². The molecular weight excluding hydrogens is 423 g/mol. The highest BCUT2D eigenvalue weighted by molar-refractivity contribution is 14.1. The third-order valence-corrected chi connectivity index (χ3v) is 5.64. The third kappa shape index (κ3) is 16.5. The van der Waals surface area contributed by atoms with Gasteiger partial charge in [0, 0.05) is 17.6 Å². The van der Waals surface area contributed by atoms with E-state index >= 15 is 0 Å². The second kappa shape index (κ2) is 15.7. The van der Waals surface area contributed by atoms with Crippen LogP contribution in [0.15, 0.2) is 0 Å². The SMILES string of the molecule is COCOCCCC(C)CC(C)CC(C)CC(C)CC(C)CC(C)I. The van der Waals surface area contributed by atoms with Gasteiger partial charge in [-0.3, -0.25) is 0 Å². The number of methoxy groups -OCH3 is 1. The average molecular weight is 469 g/mol. The molecule has 0 saturated heterocycles. The van der Waals surface area contributed by atoms with Crippen LogP contribution in [0.3, 0.4) is 0 Å². The Morgan fingerprint density at radius 3 is 1.56 bits per heavy atom. The summed E-state index contributed by atoms with van der Waals surface area (Å²) in [6, 6.07) is 0. The summed E-state index contributed by atoms with van der Waals surface area (Å²) in [5.41, 5.74) is 0. The second-order valence-corrected chi connectivity index (χ2v) is 11.1. The maximum Gasteiger partial charge on any atom is 0.146 e. The van der Waals surface area contributed by atoms with Gasteiger partial charge in [0.1, 0.15) is 6.79 Å². The molecule has 6 atom stereocenters. The highest BCUT2D eigenvalue weighted by Gasteiger charge is 2.17. The highest BCUT2D eigenvalue weighted by Crippen LogP contribution is 2.29. The van der Waals surface area contributed by atoms with Gasteiger partial charge in [0.25, 0.3) is 0 Å². The highest BCUT2D eigenvalue weighted by atomic mass is 127. The predicted octanol–water partition coefficient (Wildman–Crippen LogP) is 7.34. The fourth-order valence-electron chi connectivity index (χ4n) is 4.48. The van der Waals surface area contributed by atoms with Gasteiger partial charge in [-0.2, -0.15) is 0 Å². The third-order valence-electron chi connectivity index (χ3n) is 5.13. The number of hydrogen-bond donors (Lipinski definition) is 0. The standard InChI is InChI=1S/C22H45IO2/c1-17(9-8-10-25-16-24-7)11-18(2)12-19(3)13-20(4)14-21(5)15-22(6)23/h17-22H,8-16H2,1-7H3. The first-order chi connectivity index (χ1) is 11.7. The van der Waals surface area contributed by atoms with Crippen molar-refractivity contribution in [1.82, 2.24) is 0 Å². The first-order valence-electron chi connectivity index (χ1n) is 10.4. The molecule has 0 bridgehead atoms. The van der Waals surface area contributed by atoms with Crippen molar-refractivity contribution in [2.75, 3.05) is 20.5 Å². The summed E-state index contributed by atoms with van der Waals surface area (Å²) in [5, 5.41) is 0. The van der Waals surface area contributed by atoms with Crippen molar-refractivity contribution in [2.24, 2.45) is 29.6 Å². The smallest absolute Gasteiger partial charge is 0.146 e. The molecule has 0 saturated carbocycles. The second-order valence-electron chi connectivity index (χ2n) is 8.94. The van der Waals surface area contributed by atoms with E-state index in [2.05, 4.69) is 64.1 Å². The van der Waals surface area contributed by atoms with Crippen LogP contribution >= 0.6 is 22.6 Å². The van der Waals surface area contributed by atoms with Gasteiger partial charge in [-0.15, -0.1) is 0 Å². The lowest BCUT2D eigenvalue weighted by Gasteiger charge is -2.24. The Balaban J connectivity index is 3.86. The van der Waals surface area contributed by atoms with Crippen molar-refractivity contribution in [1.29, 1.82) is 0 Å². The van der Waals surface area contributed by atoms with E-state index in [1.165, 1.54) is 38.5 Å². The number of alkyl halides is 1. The minimum atomic E-state index is 0.426. The predicted molar refractivity (Wildman–Crippen MR) is 119 cm³/mol. The zero-order chi connectivity index (χ0) is 19.2. The van der Waals surface area contributed by atoms with E-state index in [9.17, 15) is 0 Å².